The molecule has 2 aromatic carbocycles. The van der Waals surface area contributed by atoms with Crippen LogP contribution in [0.1, 0.15) is 43.9 Å². The van der Waals surface area contributed by atoms with Crippen LogP contribution in [0.2, 0.25) is 0 Å². The van der Waals surface area contributed by atoms with E-state index >= 15 is 0 Å². The number of ether oxygens (including phenoxy) is 2. The quantitative estimate of drug-likeness (QED) is 0.594. The van der Waals surface area contributed by atoms with Crippen LogP contribution in [0.5, 0.6) is 11.5 Å². The van der Waals surface area contributed by atoms with Crippen molar-refractivity contribution in [2.45, 2.75) is 32.7 Å². The molecule has 2 aromatic rings. The highest BCUT2D eigenvalue weighted by Crippen LogP contribution is 2.29. The summed E-state index contributed by atoms with van der Waals surface area (Å²) >= 11 is 0. The SMILES string of the molecule is CCOc1ccc(C(N=C(N)N2CCCC2)c2ccc(OCC)cc2)cc1. The van der Waals surface area contributed by atoms with E-state index in [4.69, 9.17) is 20.2 Å². The van der Waals surface area contributed by atoms with Crippen molar-refractivity contribution in [1.29, 1.82) is 0 Å². The predicted molar refractivity (Wildman–Crippen MR) is 109 cm³/mol. The lowest BCUT2D eigenvalue weighted by Crippen LogP contribution is -2.35. The summed E-state index contributed by atoms with van der Waals surface area (Å²) in [5.41, 5.74) is 8.51. The summed E-state index contributed by atoms with van der Waals surface area (Å²) in [7, 11) is 0. The van der Waals surface area contributed by atoms with E-state index in [0.29, 0.717) is 19.2 Å². The van der Waals surface area contributed by atoms with Gasteiger partial charge in [0.15, 0.2) is 5.96 Å². The van der Waals surface area contributed by atoms with Crippen molar-refractivity contribution < 1.29 is 9.47 Å². The van der Waals surface area contributed by atoms with E-state index in [9.17, 15) is 0 Å². The molecule has 2 N–H and O–H groups in total. The molecule has 0 amide bonds. The van der Waals surface area contributed by atoms with E-state index in [0.717, 1.165) is 35.7 Å². The summed E-state index contributed by atoms with van der Waals surface area (Å²) in [6.07, 6.45) is 2.35. The number of rotatable bonds is 7. The summed E-state index contributed by atoms with van der Waals surface area (Å²) < 4.78 is 11.1. The second kappa shape index (κ2) is 9.31. The van der Waals surface area contributed by atoms with Crippen LogP contribution in [-0.4, -0.2) is 37.2 Å². The van der Waals surface area contributed by atoms with Crippen LogP contribution in [0, 0.1) is 0 Å². The number of benzene rings is 2. The molecule has 3 rings (SSSR count). The Balaban J connectivity index is 1.91. The van der Waals surface area contributed by atoms with Crippen LogP contribution in [0.25, 0.3) is 0 Å². The highest BCUT2D eigenvalue weighted by Gasteiger charge is 2.18. The molecule has 0 atom stereocenters. The zero-order valence-electron chi connectivity index (χ0n) is 16.2. The number of guanidine groups is 1. The zero-order chi connectivity index (χ0) is 19.1. The van der Waals surface area contributed by atoms with Gasteiger partial charge in [-0.1, -0.05) is 24.3 Å². The van der Waals surface area contributed by atoms with Gasteiger partial charge in [0.2, 0.25) is 0 Å². The Bertz CT molecular complexity index is 686. The van der Waals surface area contributed by atoms with E-state index in [2.05, 4.69) is 29.2 Å². The summed E-state index contributed by atoms with van der Waals surface area (Å²) in [6, 6.07) is 16.0. The fourth-order valence-corrected chi connectivity index (χ4v) is 3.33. The number of nitrogens with two attached hydrogens (primary N) is 1. The van der Waals surface area contributed by atoms with Gasteiger partial charge in [-0.25, -0.2) is 4.99 Å². The Morgan fingerprint density at radius 3 is 1.74 bits per heavy atom. The van der Waals surface area contributed by atoms with Crippen LogP contribution in [-0.2, 0) is 0 Å². The van der Waals surface area contributed by atoms with Crippen LogP contribution in [0.4, 0.5) is 0 Å². The van der Waals surface area contributed by atoms with Gasteiger partial charge in [0.1, 0.15) is 17.5 Å². The minimum Gasteiger partial charge on any atom is -0.494 e. The van der Waals surface area contributed by atoms with Crippen molar-refractivity contribution in [2.24, 2.45) is 10.7 Å². The molecule has 5 heteroatoms. The molecule has 27 heavy (non-hydrogen) atoms. The first kappa shape index (κ1) is 19.1. The Morgan fingerprint density at radius 1 is 0.889 bits per heavy atom. The first-order valence-electron chi connectivity index (χ1n) is 9.75. The molecule has 0 aliphatic carbocycles. The maximum absolute atomic E-state index is 6.34. The topological polar surface area (TPSA) is 60.1 Å². The van der Waals surface area contributed by atoms with Gasteiger partial charge in [0, 0.05) is 13.1 Å². The van der Waals surface area contributed by atoms with Gasteiger partial charge in [-0.2, -0.15) is 0 Å². The lowest BCUT2D eigenvalue weighted by molar-refractivity contribution is 0.340. The molecule has 1 fully saturated rings. The van der Waals surface area contributed by atoms with Gasteiger partial charge in [0.25, 0.3) is 0 Å². The van der Waals surface area contributed by atoms with Gasteiger partial charge in [-0.15, -0.1) is 0 Å². The second-order valence-electron chi connectivity index (χ2n) is 6.59. The van der Waals surface area contributed by atoms with Crippen molar-refractivity contribution in [3.05, 3.63) is 59.7 Å². The normalized spacial score (nSPS) is 14.6. The van der Waals surface area contributed by atoms with Crippen molar-refractivity contribution >= 4 is 5.96 Å². The number of hydrogen-bond donors (Lipinski definition) is 1. The number of hydrogen-bond acceptors (Lipinski definition) is 3. The molecule has 1 saturated heterocycles. The molecule has 0 spiro atoms. The molecule has 1 heterocycles. The summed E-state index contributed by atoms with van der Waals surface area (Å²) in [6.45, 7) is 7.24. The molecular formula is C22H29N3O2. The van der Waals surface area contributed by atoms with Crippen LogP contribution >= 0.6 is 0 Å². The maximum Gasteiger partial charge on any atom is 0.192 e. The van der Waals surface area contributed by atoms with Crippen molar-refractivity contribution in [3.8, 4) is 11.5 Å². The Kier molecular flexibility index (Phi) is 6.58. The standard InChI is InChI=1S/C22H29N3O2/c1-3-26-19-11-7-17(8-12-19)21(24-22(23)25-15-5-6-16-25)18-9-13-20(14-10-18)27-4-2/h7-14,21H,3-6,15-16H2,1-2H3,(H2,23,24). The lowest BCUT2D eigenvalue weighted by Gasteiger charge is -2.21. The summed E-state index contributed by atoms with van der Waals surface area (Å²) in [5.74, 6) is 2.34. The monoisotopic (exact) mass is 367 g/mol. The molecule has 1 aliphatic rings. The first-order chi connectivity index (χ1) is 13.2. The van der Waals surface area contributed by atoms with E-state index in [1.165, 1.54) is 12.8 Å². The smallest absolute Gasteiger partial charge is 0.192 e. The molecule has 5 nitrogen and oxygen atoms in total. The van der Waals surface area contributed by atoms with Gasteiger partial charge < -0.3 is 20.1 Å². The van der Waals surface area contributed by atoms with E-state index in [1.54, 1.807) is 0 Å². The highest BCUT2D eigenvalue weighted by molar-refractivity contribution is 5.79. The molecular weight excluding hydrogens is 338 g/mol. The number of nitrogens with zero attached hydrogens (tertiary/aromatic N) is 2. The molecule has 0 radical (unpaired) electrons. The Labute approximate surface area is 161 Å². The Hall–Kier alpha value is -2.69. The van der Waals surface area contributed by atoms with E-state index in [1.807, 2.05) is 38.1 Å². The molecule has 1 aliphatic heterocycles. The number of likely N-dealkylation sites (tertiary alicyclic amines) is 1. The molecule has 0 unspecified atom stereocenters. The first-order valence-corrected chi connectivity index (χ1v) is 9.75. The molecule has 0 aromatic heterocycles. The third-order valence-electron chi connectivity index (χ3n) is 4.71. The molecule has 144 valence electrons. The van der Waals surface area contributed by atoms with Crippen LogP contribution < -0.4 is 15.2 Å². The molecule has 0 saturated carbocycles. The van der Waals surface area contributed by atoms with E-state index in [-0.39, 0.29) is 6.04 Å². The number of aliphatic imine (C=N–C) groups is 1. The van der Waals surface area contributed by atoms with E-state index < -0.39 is 0 Å². The average molecular weight is 367 g/mol. The van der Waals surface area contributed by atoms with Gasteiger partial charge in [-0.05, 0) is 62.1 Å². The van der Waals surface area contributed by atoms with Gasteiger partial charge >= 0.3 is 0 Å². The average Bonchev–Trinajstić information content (AvgIpc) is 3.23. The van der Waals surface area contributed by atoms with Crippen molar-refractivity contribution in [3.63, 3.8) is 0 Å². The van der Waals surface area contributed by atoms with Crippen LogP contribution in [0.3, 0.4) is 0 Å². The minimum atomic E-state index is -0.156. The van der Waals surface area contributed by atoms with Crippen molar-refractivity contribution in [2.75, 3.05) is 26.3 Å². The predicted octanol–water partition coefficient (Wildman–Crippen LogP) is 3.98. The largest absolute Gasteiger partial charge is 0.494 e. The summed E-state index contributed by atoms with van der Waals surface area (Å²) in [5, 5.41) is 0. The fourth-order valence-electron chi connectivity index (χ4n) is 3.33. The lowest BCUT2D eigenvalue weighted by atomic mass is 9.99. The van der Waals surface area contributed by atoms with Crippen molar-refractivity contribution in [1.82, 2.24) is 4.90 Å². The third kappa shape index (κ3) is 4.94. The molecule has 0 bridgehead atoms. The minimum absolute atomic E-state index is 0.156. The maximum atomic E-state index is 6.34. The fraction of sp³-hybridized carbons (Fsp3) is 0.409. The second-order valence-corrected chi connectivity index (χ2v) is 6.59. The third-order valence-corrected chi connectivity index (χ3v) is 4.71. The van der Waals surface area contributed by atoms with Crippen LogP contribution in [0.15, 0.2) is 53.5 Å². The Morgan fingerprint density at radius 2 is 1.33 bits per heavy atom. The van der Waals surface area contributed by atoms with Gasteiger partial charge in [-0.3, -0.25) is 0 Å². The van der Waals surface area contributed by atoms with Gasteiger partial charge in [0.05, 0.1) is 13.2 Å². The zero-order valence-corrected chi connectivity index (χ0v) is 16.2. The summed E-state index contributed by atoms with van der Waals surface area (Å²) in [4.78, 5) is 7.05. The highest BCUT2D eigenvalue weighted by atomic mass is 16.5.